The second kappa shape index (κ2) is 6.56. The summed E-state index contributed by atoms with van der Waals surface area (Å²) in [6, 6.07) is 0. The summed E-state index contributed by atoms with van der Waals surface area (Å²) in [7, 11) is -1.73. The van der Waals surface area contributed by atoms with Gasteiger partial charge >= 0.3 is 0 Å². The molecule has 1 unspecified atom stereocenters. The average Bonchev–Trinajstić information content (AvgIpc) is 2.13. The van der Waals surface area contributed by atoms with Gasteiger partial charge in [-0.1, -0.05) is 13.8 Å². The zero-order chi connectivity index (χ0) is 13.1. The van der Waals surface area contributed by atoms with E-state index in [0.717, 1.165) is 6.26 Å². The van der Waals surface area contributed by atoms with Gasteiger partial charge in [-0.15, -0.1) is 12.4 Å². The lowest BCUT2D eigenvalue weighted by Crippen LogP contribution is -2.45. The summed E-state index contributed by atoms with van der Waals surface area (Å²) in [4.78, 5) is 13.2. The molecule has 0 saturated carbocycles. The van der Waals surface area contributed by atoms with Crippen LogP contribution in [0.2, 0.25) is 0 Å². The standard InChI is InChI=1S/C10H22N2O3S.ClH/c1-8(16(5,14)15)9(13)12(4)7-10(2,3)6-11;/h8H,6-7,11H2,1-5H3;1H. The SMILES string of the molecule is CC(C(=O)N(C)CC(C)(C)CN)S(C)(=O)=O.Cl. The van der Waals surface area contributed by atoms with E-state index >= 15 is 0 Å². The average molecular weight is 287 g/mol. The van der Waals surface area contributed by atoms with Gasteiger partial charge in [-0.3, -0.25) is 4.79 Å². The summed E-state index contributed by atoms with van der Waals surface area (Å²) in [6.45, 7) is 6.16. The molecule has 5 nitrogen and oxygen atoms in total. The topological polar surface area (TPSA) is 80.5 Å². The summed E-state index contributed by atoms with van der Waals surface area (Å²) in [5.74, 6) is -0.385. The van der Waals surface area contributed by atoms with E-state index in [2.05, 4.69) is 0 Å². The Bertz CT molecular complexity index is 355. The third-order valence-electron chi connectivity index (χ3n) is 2.58. The number of hydrogen-bond acceptors (Lipinski definition) is 4. The normalized spacial score (nSPS) is 13.8. The van der Waals surface area contributed by atoms with E-state index in [0.29, 0.717) is 13.1 Å². The molecule has 0 aliphatic rings. The lowest BCUT2D eigenvalue weighted by molar-refractivity contribution is -0.130. The molecule has 0 aromatic rings. The Hall–Kier alpha value is -0.330. The molecule has 0 aromatic heterocycles. The Labute approximate surface area is 110 Å². The predicted molar refractivity (Wildman–Crippen MR) is 72.0 cm³/mol. The molecule has 104 valence electrons. The first-order chi connectivity index (χ1) is 7.01. The fourth-order valence-corrected chi connectivity index (χ4v) is 1.82. The largest absolute Gasteiger partial charge is 0.344 e. The van der Waals surface area contributed by atoms with Crippen LogP contribution in [0.3, 0.4) is 0 Å². The molecule has 0 aliphatic heterocycles. The van der Waals surface area contributed by atoms with Gasteiger partial charge < -0.3 is 10.6 Å². The van der Waals surface area contributed by atoms with Crippen molar-refractivity contribution in [3.63, 3.8) is 0 Å². The molecular formula is C10H23ClN2O3S. The minimum Gasteiger partial charge on any atom is -0.344 e. The van der Waals surface area contributed by atoms with Gasteiger partial charge in [0.15, 0.2) is 9.84 Å². The summed E-state index contributed by atoms with van der Waals surface area (Å²) >= 11 is 0. The Morgan fingerprint density at radius 1 is 1.41 bits per heavy atom. The van der Waals surface area contributed by atoms with Gasteiger partial charge in [-0.2, -0.15) is 0 Å². The van der Waals surface area contributed by atoms with Crippen LogP contribution in [0.15, 0.2) is 0 Å². The van der Waals surface area contributed by atoms with Crippen LogP contribution in [-0.2, 0) is 14.6 Å². The first-order valence-electron chi connectivity index (χ1n) is 5.15. The first kappa shape index (κ1) is 19.0. The monoisotopic (exact) mass is 286 g/mol. The summed E-state index contributed by atoms with van der Waals surface area (Å²) in [6.07, 6.45) is 1.07. The maximum absolute atomic E-state index is 11.8. The van der Waals surface area contributed by atoms with Crippen LogP contribution in [-0.4, -0.2) is 50.9 Å². The van der Waals surface area contributed by atoms with Crippen molar-refractivity contribution in [2.45, 2.75) is 26.0 Å². The molecule has 1 atom stereocenters. The van der Waals surface area contributed by atoms with Crippen molar-refractivity contribution in [2.24, 2.45) is 11.1 Å². The van der Waals surface area contributed by atoms with Gasteiger partial charge in [0.05, 0.1) is 0 Å². The molecule has 0 saturated heterocycles. The lowest BCUT2D eigenvalue weighted by atomic mass is 9.93. The van der Waals surface area contributed by atoms with E-state index < -0.39 is 15.1 Å². The van der Waals surface area contributed by atoms with Crippen LogP contribution in [0.5, 0.6) is 0 Å². The molecule has 0 aliphatic carbocycles. The van der Waals surface area contributed by atoms with Gasteiger partial charge in [0.1, 0.15) is 5.25 Å². The van der Waals surface area contributed by atoms with E-state index in [9.17, 15) is 13.2 Å². The Balaban J connectivity index is 0. The zero-order valence-electron chi connectivity index (χ0n) is 11.1. The second-order valence-corrected chi connectivity index (χ2v) is 7.40. The minimum absolute atomic E-state index is 0. The maximum atomic E-state index is 11.8. The molecule has 0 fully saturated rings. The van der Waals surface area contributed by atoms with E-state index in [-0.39, 0.29) is 23.7 Å². The quantitative estimate of drug-likeness (QED) is 0.787. The molecule has 0 spiro atoms. The van der Waals surface area contributed by atoms with Crippen LogP contribution in [0.25, 0.3) is 0 Å². The molecule has 1 amide bonds. The smallest absolute Gasteiger partial charge is 0.240 e. The highest BCUT2D eigenvalue weighted by Crippen LogP contribution is 2.15. The third kappa shape index (κ3) is 6.24. The number of halogens is 1. The Kier molecular flexibility index (Phi) is 7.34. The van der Waals surface area contributed by atoms with E-state index in [1.165, 1.54) is 11.8 Å². The van der Waals surface area contributed by atoms with E-state index in [1.807, 2.05) is 13.8 Å². The minimum atomic E-state index is -3.33. The van der Waals surface area contributed by atoms with Crippen LogP contribution in [0, 0.1) is 5.41 Å². The van der Waals surface area contributed by atoms with Crippen molar-refractivity contribution in [1.29, 1.82) is 0 Å². The molecule has 0 bridgehead atoms. The van der Waals surface area contributed by atoms with Crippen molar-refractivity contribution in [2.75, 3.05) is 26.4 Å². The van der Waals surface area contributed by atoms with Gasteiger partial charge in [0, 0.05) is 19.8 Å². The fourth-order valence-electron chi connectivity index (χ4n) is 1.28. The second-order valence-electron chi connectivity index (χ2n) is 5.03. The predicted octanol–water partition coefficient (Wildman–Crippen LogP) is 0.285. The highest BCUT2D eigenvalue weighted by molar-refractivity contribution is 7.92. The summed E-state index contributed by atoms with van der Waals surface area (Å²) < 4.78 is 22.5. The van der Waals surface area contributed by atoms with Crippen LogP contribution in [0.4, 0.5) is 0 Å². The van der Waals surface area contributed by atoms with Gasteiger partial charge in [-0.05, 0) is 18.9 Å². The van der Waals surface area contributed by atoms with Crippen molar-refractivity contribution >= 4 is 28.2 Å². The van der Waals surface area contributed by atoms with Crippen LogP contribution < -0.4 is 5.73 Å². The number of nitrogens with zero attached hydrogens (tertiary/aromatic N) is 1. The molecule has 17 heavy (non-hydrogen) atoms. The van der Waals surface area contributed by atoms with Crippen molar-refractivity contribution in [3.8, 4) is 0 Å². The van der Waals surface area contributed by atoms with Crippen LogP contribution in [0.1, 0.15) is 20.8 Å². The fraction of sp³-hybridized carbons (Fsp3) is 0.900. The number of sulfone groups is 1. The number of rotatable bonds is 5. The molecule has 2 N–H and O–H groups in total. The van der Waals surface area contributed by atoms with Gasteiger partial charge in [0.25, 0.3) is 0 Å². The molecule has 0 radical (unpaired) electrons. The summed E-state index contributed by atoms with van der Waals surface area (Å²) in [5, 5.41) is -0.994. The molecular weight excluding hydrogens is 264 g/mol. The van der Waals surface area contributed by atoms with Crippen molar-refractivity contribution < 1.29 is 13.2 Å². The Morgan fingerprint density at radius 3 is 2.12 bits per heavy atom. The molecule has 7 heteroatoms. The van der Waals surface area contributed by atoms with Gasteiger partial charge in [-0.25, -0.2) is 8.42 Å². The maximum Gasteiger partial charge on any atom is 0.240 e. The molecule has 0 heterocycles. The van der Waals surface area contributed by atoms with Crippen molar-refractivity contribution in [3.05, 3.63) is 0 Å². The number of nitrogens with two attached hydrogens (primary N) is 1. The lowest BCUT2D eigenvalue weighted by Gasteiger charge is -2.30. The number of amides is 1. The first-order valence-corrected chi connectivity index (χ1v) is 7.10. The summed E-state index contributed by atoms with van der Waals surface area (Å²) in [5.41, 5.74) is 5.35. The highest BCUT2D eigenvalue weighted by Gasteiger charge is 2.29. The zero-order valence-corrected chi connectivity index (χ0v) is 12.7. The molecule has 0 aromatic carbocycles. The molecule has 0 rings (SSSR count). The van der Waals surface area contributed by atoms with E-state index in [4.69, 9.17) is 5.73 Å². The van der Waals surface area contributed by atoms with Crippen molar-refractivity contribution in [1.82, 2.24) is 4.90 Å². The number of carbonyl (C=O) groups is 1. The third-order valence-corrected chi connectivity index (χ3v) is 4.07. The van der Waals surface area contributed by atoms with Crippen LogP contribution >= 0.6 is 12.4 Å². The number of carbonyl (C=O) groups excluding carboxylic acids is 1. The number of hydrogen-bond donors (Lipinski definition) is 1. The highest BCUT2D eigenvalue weighted by atomic mass is 35.5. The van der Waals surface area contributed by atoms with E-state index in [1.54, 1.807) is 7.05 Å². The Morgan fingerprint density at radius 2 is 1.82 bits per heavy atom. The van der Waals surface area contributed by atoms with Gasteiger partial charge in [0.2, 0.25) is 5.91 Å².